The van der Waals surface area contributed by atoms with Crippen LogP contribution in [0.15, 0.2) is 47.8 Å². The maximum Gasteiger partial charge on any atom is 0.262 e. The maximum absolute atomic E-state index is 13.2. The zero-order chi connectivity index (χ0) is 22.9. The number of nitrogens with one attached hydrogen (secondary N) is 1. The van der Waals surface area contributed by atoms with Crippen LogP contribution < -0.4 is 14.8 Å². The van der Waals surface area contributed by atoms with Crippen LogP contribution in [0.5, 0.6) is 11.5 Å². The van der Waals surface area contributed by atoms with Crippen molar-refractivity contribution in [3.05, 3.63) is 59.0 Å². The second-order valence-electron chi connectivity index (χ2n) is 7.42. The zero-order valence-electron chi connectivity index (χ0n) is 17.6. The van der Waals surface area contributed by atoms with Crippen molar-refractivity contribution in [1.29, 1.82) is 0 Å². The topological polar surface area (TPSA) is 97.8 Å². The number of amides is 3. The molecule has 10 heteroatoms. The fourth-order valence-electron chi connectivity index (χ4n) is 3.81. The summed E-state index contributed by atoms with van der Waals surface area (Å²) in [5.41, 5.74) is 2.15. The molecular weight excluding hydrogens is 462 g/mol. The number of aromatic nitrogens is 1. The lowest BCUT2D eigenvalue weighted by Gasteiger charge is -2.24. The summed E-state index contributed by atoms with van der Waals surface area (Å²) >= 11 is 2.82. The number of carbonyl (C=O) groups is 3. The Bertz CT molecular complexity index is 1220. The molecule has 1 unspecified atom stereocenters. The van der Waals surface area contributed by atoms with Crippen LogP contribution >= 0.6 is 23.1 Å². The Kier molecular flexibility index (Phi) is 5.77. The molecule has 0 aliphatic carbocycles. The minimum Gasteiger partial charge on any atom is -0.454 e. The second-order valence-corrected chi connectivity index (χ2v) is 9.26. The van der Waals surface area contributed by atoms with E-state index in [2.05, 4.69) is 10.3 Å². The SMILES string of the molecule is CSCCC(C(=O)Nc1nc(-c2ccc3c(c2)OCO3)cs1)N1C(=O)c2ccccc2C1=O. The van der Waals surface area contributed by atoms with Gasteiger partial charge in [0.25, 0.3) is 11.8 Å². The molecule has 0 spiro atoms. The van der Waals surface area contributed by atoms with Gasteiger partial charge < -0.3 is 14.8 Å². The van der Waals surface area contributed by atoms with Crippen molar-refractivity contribution in [3.8, 4) is 22.8 Å². The van der Waals surface area contributed by atoms with Crippen LogP contribution in [0.2, 0.25) is 0 Å². The van der Waals surface area contributed by atoms with Gasteiger partial charge in [-0.25, -0.2) is 4.98 Å². The van der Waals surface area contributed by atoms with E-state index in [1.807, 2.05) is 29.8 Å². The van der Waals surface area contributed by atoms with E-state index in [4.69, 9.17) is 9.47 Å². The summed E-state index contributed by atoms with van der Waals surface area (Å²) in [6.07, 6.45) is 2.26. The third kappa shape index (κ3) is 3.96. The van der Waals surface area contributed by atoms with Gasteiger partial charge in [0.05, 0.1) is 16.8 Å². The highest BCUT2D eigenvalue weighted by molar-refractivity contribution is 7.98. The number of nitrogens with zero attached hydrogens (tertiary/aromatic N) is 2. The highest BCUT2D eigenvalue weighted by Gasteiger charge is 2.42. The van der Waals surface area contributed by atoms with E-state index in [0.717, 1.165) is 10.5 Å². The summed E-state index contributed by atoms with van der Waals surface area (Å²) < 4.78 is 10.8. The molecule has 1 aromatic heterocycles. The van der Waals surface area contributed by atoms with Crippen LogP contribution in [0.25, 0.3) is 11.3 Å². The molecule has 0 fully saturated rings. The Morgan fingerprint density at radius 2 is 1.88 bits per heavy atom. The number of hydrogen-bond acceptors (Lipinski definition) is 8. The molecule has 1 N–H and O–H groups in total. The van der Waals surface area contributed by atoms with Gasteiger partial charge in [-0.2, -0.15) is 11.8 Å². The zero-order valence-corrected chi connectivity index (χ0v) is 19.2. The van der Waals surface area contributed by atoms with Crippen LogP contribution in [0, 0.1) is 0 Å². The Balaban J connectivity index is 1.36. The molecule has 3 amide bonds. The third-order valence-electron chi connectivity index (χ3n) is 5.44. The van der Waals surface area contributed by atoms with E-state index >= 15 is 0 Å². The Morgan fingerprint density at radius 1 is 1.15 bits per heavy atom. The molecule has 3 heterocycles. The number of fused-ring (bicyclic) bond motifs is 2. The molecule has 5 rings (SSSR count). The predicted octanol–water partition coefficient (Wildman–Crippen LogP) is 3.90. The van der Waals surface area contributed by atoms with Crippen molar-refractivity contribution in [2.75, 3.05) is 24.1 Å². The number of ether oxygens (including phenoxy) is 2. The first kappa shape index (κ1) is 21.5. The van der Waals surface area contributed by atoms with Gasteiger partial charge >= 0.3 is 0 Å². The van der Waals surface area contributed by atoms with Crippen LogP contribution in [0.4, 0.5) is 5.13 Å². The summed E-state index contributed by atoms with van der Waals surface area (Å²) in [6.45, 7) is 0.187. The number of hydrogen-bond donors (Lipinski definition) is 1. The Hall–Kier alpha value is -3.37. The van der Waals surface area contributed by atoms with Gasteiger partial charge in [-0.3, -0.25) is 19.3 Å². The Labute approximate surface area is 197 Å². The Morgan fingerprint density at radius 3 is 2.61 bits per heavy atom. The highest BCUT2D eigenvalue weighted by Crippen LogP contribution is 2.36. The molecule has 3 aromatic rings. The number of rotatable bonds is 7. The summed E-state index contributed by atoms with van der Waals surface area (Å²) in [6, 6.07) is 11.2. The molecule has 33 heavy (non-hydrogen) atoms. The van der Waals surface area contributed by atoms with Crippen molar-refractivity contribution >= 4 is 46.0 Å². The molecule has 2 aliphatic heterocycles. The van der Waals surface area contributed by atoms with Crippen molar-refractivity contribution in [2.45, 2.75) is 12.5 Å². The minimum atomic E-state index is -0.928. The average Bonchev–Trinajstić information content (AvgIpc) is 3.54. The number of benzene rings is 2. The normalized spacial score (nSPS) is 15.0. The summed E-state index contributed by atoms with van der Waals surface area (Å²) in [4.78, 5) is 44.7. The van der Waals surface area contributed by atoms with Crippen LogP contribution in [-0.4, -0.2) is 52.4 Å². The average molecular weight is 482 g/mol. The number of carbonyl (C=O) groups excluding carboxylic acids is 3. The molecule has 2 aromatic carbocycles. The molecule has 0 bridgehead atoms. The first-order chi connectivity index (χ1) is 16.1. The van der Waals surface area contributed by atoms with Crippen molar-refractivity contribution in [3.63, 3.8) is 0 Å². The van der Waals surface area contributed by atoms with Gasteiger partial charge in [0, 0.05) is 10.9 Å². The number of anilines is 1. The predicted molar refractivity (Wildman–Crippen MR) is 126 cm³/mol. The summed E-state index contributed by atoms with van der Waals surface area (Å²) in [7, 11) is 0. The van der Waals surface area contributed by atoms with E-state index in [1.54, 1.807) is 36.0 Å². The lowest BCUT2D eigenvalue weighted by atomic mass is 10.1. The number of thioether (sulfide) groups is 1. The second kappa shape index (κ2) is 8.87. The fourth-order valence-corrected chi connectivity index (χ4v) is 4.99. The van der Waals surface area contributed by atoms with E-state index in [9.17, 15) is 14.4 Å². The molecule has 168 valence electrons. The monoisotopic (exact) mass is 481 g/mol. The summed E-state index contributed by atoms with van der Waals surface area (Å²) in [5, 5.41) is 5.01. The molecule has 0 saturated carbocycles. The van der Waals surface area contributed by atoms with Gasteiger partial charge in [-0.05, 0) is 48.8 Å². The lowest BCUT2D eigenvalue weighted by molar-refractivity contribution is -0.120. The largest absolute Gasteiger partial charge is 0.454 e. The van der Waals surface area contributed by atoms with Gasteiger partial charge in [0.15, 0.2) is 16.6 Å². The standard InChI is InChI=1S/C23H19N3O5S2/c1-32-9-8-17(26-21(28)14-4-2-3-5-15(14)22(26)29)20(27)25-23-24-16(11-33-23)13-6-7-18-19(10-13)31-12-30-18/h2-7,10-11,17H,8-9,12H2,1H3,(H,24,25,27). The van der Waals surface area contributed by atoms with E-state index < -0.39 is 23.8 Å². The van der Waals surface area contributed by atoms with Crippen LogP contribution in [-0.2, 0) is 4.79 Å². The molecule has 0 radical (unpaired) electrons. The molecule has 1 atom stereocenters. The van der Waals surface area contributed by atoms with Crippen molar-refractivity contribution < 1.29 is 23.9 Å². The van der Waals surface area contributed by atoms with Gasteiger partial charge in [0.2, 0.25) is 12.7 Å². The van der Waals surface area contributed by atoms with Crippen LogP contribution in [0.3, 0.4) is 0 Å². The van der Waals surface area contributed by atoms with E-state index in [-0.39, 0.29) is 6.79 Å². The molecular formula is C23H19N3O5S2. The first-order valence-corrected chi connectivity index (χ1v) is 12.5. The highest BCUT2D eigenvalue weighted by atomic mass is 32.2. The molecule has 2 aliphatic rings. The number of imide groups is 1. The quantitative estimate of drug-likeness (QED) is 0.511. The molecule has 8 nitrogen and oxygen atoms in total. The lowest BCUT2D eigenvalue weighted by Crippen LogP contribution is -2.47. The van der Waals surface area contributed by atoms with Gasteiger partial charge in [-0.1, -0.05) is 12.1 Å². The summed E-state index contributed by atoms with van der Waals surface area (Å²) in [5.74, 6) is 0.611. The smallest absolute Gasteiger partial charge is 0.262 e. The van der Waals surface area contributed by atoms with Crippen molar-refractivity contribution in [1.82, 2.24) is 9.88 Å². The number of thiazole rings is 1. The fraction of sp³-hybridized carbons (Fsp3) is 0.217. The van der Waals surface area contributed by atoms with Crippen molar-refractivity contribution in [2.24, 2.45) is 0 Å². The third-order valence-corrected chi connectivity index (χ3v) is 6.84. The van der Waals surface area contributed by atoms with Crippen LogP contribution in [0.1, 0.15) is 27.1 Å². The van der Waals surface area contributed by atoms with E-state index in [1.165, 1.54) is 11.3 Å². The molecule has 0 saturated heterocycles. The van der Waals surface area contributed by atoms with Gasteiger partial charge in [0.1, 0.15) is 6.04 Å². The first-order valence-electron chi connectivity index (χ1n) is 10.2. The minimum absolute atomic E-state index is 0.187. The maximum atomic E-state index is 13.2. The van der Waals surface area contributed by atoms with Gasteiger partial charge in [-0.15, -0.1) is 11.3 Å². The van der Waals surface area contributed by atoms with E-state index in [0.29, 0.717) is 45.6 Å².